The van der Waals surface area contributed by atoms with Gasteiger partial charge < -0.3 is 15.4 Å². The van der Waals surface area contributed by atoms with Crippen molar-refractivity contribution in [1.29, 1.82) is 0 Å². The van der Waals surface area contributed by atoms with E-state index in [1.165, 1.54) is 0 Å². The second kappa shape index (κ2) is 12.4. The highest BCUT2D eigenvalue weighted by Crippen LogP contribution is 2.32. The summed E-state index contributed by atoms with van der Waals surface area (Å²) in [6, 6.07) is 21.7. The van der Waals surface area contributed by atoms with Crippen molar-refractivity contribution in [2.45, 2.75) is 26.7 Å². The van der Waals surface area contributed by atoms with Crippen LogP contribution in [-0.2, 0) is 14.4 Å². The van der Waals surface area contributed by atoms with Crippen molar-refractivity contribution in [2.24, 2.45) is 0 Å². The van der Waals surface area contributed by atoms with E-state index in [0.717, 1.165) is 33.5 Å². The number of amides is 4. The number of rotatable bonds is 9. The summed E-state index contributed by atoms with van der Waals surface area (Å²) < 4.78 is 5.61. The van der Waals surface area contributed by atoms with Gasteiger partial charge in [0.15, 0.2) is 6.61 Å². The lowest BCUT2D eigenvalue weighted by Crippen LogP contribution is -2.36. The summed E-state index contributed by atoms with van der Waals surface area (Å²) in [5, 5.41) is 5.09. The monoisotopic (exact) mass is 543 g/mol. The van der Waals surface area contributed by atoms with E-state index in [0.29, 0.717) is 17.0 Å². The Bertz CT molecular complexity index is 1430. The van der Waals surface area contributed by atoms with Crippen molar-refractivity contribution >= 4 is 52.2 Å². The van der Waals surface area contributed by atoms with Gasteiger partial charge in [-0.1, -0.05) is 56.3 Å². The summed E-state index contributed by atoms with van der Waals surface area (Å²) in [4.78, 5) is 51.1. The van der Waals surface area contributed by atoms with Crippen LogP contribution >= 0.6 is 11.8 Å². The summed E-state index contributed by atoms with van der Waals surface area (Å²) >= 11 is 0.784. The molecule has 0 unspecified atom stereocenters. The van der Waals surface area contributed by atoms with Crippen LogP contribution in [0.25, 0.3) is 6.08 Å². The van der Waals surface area contributed by atoms with Crippen LogP contribution in [0, 0.1) is 6.92 Å². The molecule has 0 radical (unpaired) electrons. The number of anilines is 2. The molecular formula is C30H29N3O5S. The van der Waals surface area contributed by atoms with E-state index in [9.17, 15) is 19.2 Å². The maximum absolute atomic E-state index is 12.8. The van der Waals surface area contributed by atoms with Gasteiger partial charge in [0.1, 0.15) is 12.3 Å². The quantitative estimate of drug-likeness (QED) is 0.330. The molecule has 2 N–H and O–H groups in total. The largest absolute Gasteiger partial charge is 0.484 e. The van der Waals surface area contributed by atoms with Gasteiger partial charge in [-0.3, -0.25) is 24.1 Å². The van der Waals surface area contributed by atoms with E-state index in [2.05, 4.69) is 24.5 Å². The summed E-state index contributed by atoms with van der Waals surface area (Å²) in [6.45, 7) is 5.50. The van der Waals surface area contributed by atoms with Gasteiger partial charge >= 0.3 is 0 Å². The molecule has 4 rings (SSSR count). The van der Waals surface area contributed by atoms with Crippen LogP contribution in [0.1, 0.15) is 36.5 Å². The zero-order valence-corrected chi connectivity index (χ0v) is 22.7. The van der Waals surface area contributed by atoms with Gasteiger partial charge in [0.05, 0.1) is 4.91 Å². The molecule has 0 saturated carbocycles. The molecule has 4 amide bonds. The zero-order chi connectivity index (χ0) is 27.9. The fourth-order valence-electron chi connectivity index (χ4n) is 3.96. The van der Waals surface area contributed by atoms with Gasteiger partial charge in [-0.15, -0.1) is 0 Å². The van der Waals surface area contributed by atoms with Crippen LogP contribution in [0.15, 0.2) is 77.7 Å². The molecule has 1 heterocycles. The molecule has 0 atom stereocenters. The fraction of sp³-hybridized carbons (Fsp3) is 0.200. The number of hydrogen-bond acceptors (Lipinski definition) is 6. The lowest BCUT2D eigenvalue weighted by atomic mass is 10.0. The number of hydrogen-bond donors (Lipinski definition) is 2. The highest BCUT2D eigenvalue weighted by atomic mass is 32.2. The third kappa shape index (κ3) is 7.36. The Balaban J connectivity index is 1.31. The van der Waals surface area contributed by atoms with Crippen LogP contribution in [0.5, 0.6) is 5.75 Å². The Kier molecular flexibility index (Phi) is 8.83. The molecule has 1 aliphatic rings. The van der Waals surface area contributed by atoms with E-state index < -0.39 is 17.1 Å². The first-order chi connectivity index (χ1) is 18.7. The molecule has 3 aromatic rings. The molecular weight excluding hydrogens is 514 g/mol. The normalized spacial score (nSPS) is 14.2. The number of aryl methyl sites for hydroxylation is 1. The number of benzene rings is 3. The molecule has 3 aromatic carbocycles. The first kappa shape index (κ1) is 27.7. The summed E-state index contributed by atoms with van der Waals surface area (Å²) in [7, 11) is 0. The smallest absolute Gasteiger partial charge is 0.294 e. The number of imide groups is 1. The predicted octanol–water partition coefficient (Wildman–Crippen LogP) is 5.81. The average molecular weight is 544 g/mol. The Morgan fingerprint density at radius 3 is 2.41 bits per heavy atom. The molecule has 0 bridgehead atoms. The minimum absolute atomic E-state index is 0.157. The Labute approximate surface area is 231 Å². The highest BCUT2D eigenvalue weighted by Gasteiger charge is 2.36. The van der Waals surface area contributed by atoms with E-state index in [1.54, 1.807) is 42.5 Å². The van der Waals surface area contributed by atoms with Crippen LogP contribution in [0.3, 0.4) is 0 Å². The molecule has 1 saturated heterocycles. The van der Waals surface area contributed by atoms with Gasteiger partial charge in [-0.25, -0.2) is 0 Å². The first-order valence-corrected chi connectivity index (χ1v) is 13.2. The molecule has 0 aromatic heterocycles. The second-order valence-corrected chi connectivity index (χ2v) is 10.3. The third-order valence-electron chi connectivity index (χ3n) is 5.88. The third-order valence-corrected chi connectivity index (χ3v) is 6.79. The Hall–Kier alpha value is -4.37. The molecule has 1 aliphatic heterocycles. The van der Waals surface area contributed by atoms with Gasteiger partial charge in [0.25, 0.3) is 17.1 Å². The van der Waals surface area contributed by atoms with Crippen LogP contribution in [0.4, 0.5) is 16.2 Å². The lowest BCUT2D eigenvalue weighted by Gasteiger charge is -2.14. The Morgan fingerprint density at radius 1 is 0.949 bits per heavy atom. The van der Waals surface area contributed by atoms with Crippen LogP contribution < -0.4 is 15.4 Å². The van der Waals surface area contributed by atoms with E-state index in [4.69, 9.17) is 4.74 Å². The predicted molar refractivity (Wildman–Crippen MR) is 154 cm³/mol. The number of para-hydroxylation sites is 1. The molecule has 0 spiro atoms. The SMILES string of the molecule is Cc1cccc(NC(=O)CN2C(=O)S/C(=C/c3ccc(OCC(=O)Nc4ccccc4C(C)C)cc3)C2=O)c1. The van der Waals surface area contributed by atoms with Crippen molar-refractivity contribution in [1.82, 2.24) is 4.90 Å². The Morgan fingerprint density at radius 2 is 1.69 bits per heavy atom. The van der Waals surface area contributed by atoms with Crippen molar-refractivity contribution in [2.75, 3.05) is 23.8 Å². The number of carbonyl (C=O) groups excluding carboxylic acids is 4. The van der Waals surface area contributed by atoms with Gasteiger partial charge in [0, 0.05) is 11.4 Å². The number of nitrogens with zero attached hydrogens (tertiary/aromatic N) is 1. The van der Waals surface area contributed by atoms with Crippen LogP contribution in [-0.4, -0.2) is 41.0 Å². The minimum Gasteiger partial charge on any atom is -0.484 e. The van der Waals surface area contributed by atoms with Crippen molar-refractivity contribution < 1.29 is 23.9 Å². The molecule has 39 heavy (non-hydrogen) atoms. The van der Waals surface area contributed by atoms with Crippen molar-refractivity contribution in [3.8, 4) is 5.75 Å². The average Bonchev–Trinajstić information content (AvgIpc) is 3.15. The van der Waals surface area contributed by atoms with Crippen molar-refractivity contribution in [3.05, 3.63) is 94.4 Å². The van der Waals surface area contributed by atoms with Gasteiger partial charge in [-0.05, 0) is 77.7 Å². The van der Waals surface area contributed by atoms with E-state index >= 15 is 0 Å². The summed E-state index contributed by atoms with van der Waals surface area (Å²) in [6.07, 6.45) is 1.59. The van der Waals surface area contributed by atoms with Crippen molar-refractivity contribution in [3.63, 3.8) is 0 Å². The number of ether oxygens (including phenoxy) is 1. The van der Waals surface area contributed by atoms with E-state index in [-0.39, 0.29) is 29.9 Å². The summed E-state index contributed by atoms with van der Waals surface area (Å²) in [5.74, 6) is -0.495. The topological polar surface area (TPSA) is 105 Å². The van der Waals surface area contributed by atoms with Crippen LogP contribution in [0.2, 0.25) is 0 Å². The number of carbonyl (C=O) groups is 4. The maximum atomic E-state index is 12.8. The standard InChI is InChI=1S/C30H29N3O5S/c1-19(2)24-9-4-5-10-25(24)32-28(35)18-38-23-13-11-21(12-14-23)16-26-29(36)33(30(37)39-26)17-27(34)31-22-8-6-7-20(3)15-22/h4-16,19H,17-18H2,1-3H3,(H,31,34)(H,32,35)/b26-16+. The minimum atomic E-state index is -0.525. The highest BCUT2D eigenvalue weighted by molar-refractivity contribution is 8.18. The maximum Gasteiger partial charge on any atom is 0.294 e. The first-order valence-electron chi connectivity index (χ1n) is 12.4. The lowest BCUT2D eigenvalue weighted by molar-refractivity contribution is -0.127. The number of nitrogens with one attached hydrogen (secondary N) is 2. The molecule has 9 heteroatoms. The fourth-order valence-corrected chi connectivity index (χ4v) is 4.80. The molecule has 8 nitrogen and oxygen atoms in total. The van der Waals surface area contributed by atoms with Gasteiger partial charge in [-0.2, -0.15) is 0 Å². The van der Waals surface area contributed by atoms with E-state index in [1.807, 2.05) is 43.3 Å². The number of thioether (sulfide) groups is 1. The second-order valence-electron chi connectivity index (χ2n) is 9.33. The molecule has 1 fully saturated rings. The zero-order valence-electron chi connectivity index (χ0n) is 21.9. The molecule has 200 valence electrons. The summed E-state index contributed by atoms with van der Waals surface area (Å²) in [5.41, 5.74) is 4.06. The van der Waals surface area contributed by atoms with Gasteiger partial charge in [0.2, 0.25) is 5.91 Å². The molecule has 0 aliphatic carbocycles.